The number of rotatable bonds is 6. The van der Waals surface area contributed by atoms with Crippen molar-refractivity contribution in [1.82, 2.24) is 9.97 Å². The first-order chi connectivity index (χ1) is 17.7. The van der Waals surface area contributed by atoms with E-state index in [1.165, 1.54) is 0 Å². The SMILES string of the molecule is CC(C)[Si](C#Cc1nc2cc(C#N)c(C#N)cc2nc1C#C[Si](C(C)C)(C(C)C)C(C)C)(C(C)C)C(C)C. The Labute approximate surface area is 233 Å². The summed E-state index contributed by atoms with van der Waals surface area (Å²) in [5, 5.41) is 19.1. The number of hydrogen-bond donors (Lipinski definition) is 0. The highest BCUT2D eigenvalue weighted by atomic mass is 28.3. The molecule has 1 aromatic carbocycles. The fourth-order valence-corrected chi connectivity index (χ4v) is 17.1. The first-order valence-electron chi connectivity index (χ1n) is 13.9. The monoisotopic (exact) mass is 540 g/mol. The van der Waals surface area contributed by atoms with Gasteiger partial charge in [-0.1, -0.05) is 94.9 Å². The van der Waals surface area contributed by atoms with Gasteiger partial charge >= 0.3 is 0 Å². The zero-order valence-corrected chi connectivity index (χ0v) is 27.4. The Morgan fingerprint density at radius 1 is 0.526 bits per heavy atom. The molecule has 0 radical (unpaired) electrons. The molecule has 1 aromatic heterocycles. The lowest BCUT2D eigenvalue weighted by Crippen LogP contribution is -2.43. The summed E-state index contributed by atoms with van der Waals surface area (Å²) < 4.78 is 0. The third-order valence-corrected chi connectivity index (χ3v) is 21.2. The van der Waals surface area contributed by atoms with Crippen molar-refractivity contribution in [3.05, 3.63) is 34.6 Å². The van der Waals surface area contributed by atoms with Gasteiger partial charge in [0.05, 0.1) is 22.2 Å². The molecule has 1 heterocycles. The third kappa shape index (κ3) is 5.74. The van der Waals surface area contributed by atoms with Crippen LogP contribution in [-0.4, -0.2) is 26.1 Å². The molecule has 200 valence electrons. The minimum atomic E-state index is -2.01. The van der Waals surface area contributed by atoms with Crippen molar-refractivity contribution in [1.29, 1.82) is 10.5 Å². The van der Waals surface area contributed by atoms with Crippen LogP contribution < -0.4 is 0 Å². The second-order valence-electron chi connectivity index (χ2n) is 12.3. The first-order valence-corrected chi connectivity index (χ1v) is 18.4. The molecule has 0 fully saturated rings. The summed E-state index contributed by atoms with van der Waals surface area (Å²) in [6, 6.07) is 7.53. The van der Waals surface area contributed by atoms with Crippen molar-refractivity contribution in [2.75, 3.05) is 0 Å². The summed E-state index contributed by atoms with van der Waals surface area (Å²) in [5.74, 6) is 6.97. The lowest BCUT2D eigenvalue weighted by atomic mass is 10.1. The summed E-state index contributed by atoms with van der Waals surface area (Å²) in [6.07, 6.45) is 0. The van der Waals surface area contributed by atoms with Crippen LogP contribution in [0.25, 0.3) is 11.0 Å². The van der Waals surface area contributed by atoms with Crippen LogP contribution >= 0.6 is 0 Å². The number of nitriles is 2. The quantitative estimate of drug-likeness (QED) is 0.272. The molecular weight excluding hydrogens is 497 g/mol. The van der Waals surface area contributed by atoms with Crippen LogP contribution in [0.4, 0.5) is 0 Å². The normalized spacial score (nSPS) is 12.1. The predicted octanol–water partition coefficient (Wildman–Crippen LogP) is 8.51. The topological polar surface area (TPSA) is 73.4 Å². The van der Waals surface area contributed by atoms with E-state index in [1.54, 1.807) is 12.1 Å². The predicted molar refractivity (Wildman–Crippen MR) is 165 cm³/mol. The van der Waals surface area contributed by atoms with E-state index in [0.717, 1.165) is 0 Å². The molecular formula is C32H44N4Si2. The van der Waals surface area contributed by atoms with Crippen molar-refractivity contribution in [2.24, 2.45) is 0 Å². The molecule has 0 aliphatic rings. The van der Waals surface area contributed by atoms with Gasteiger partial charge in [-0.15, -0.1) is 11.1 Å². The van der Waals surface area contributed by atoms with Gasteiger partial charge in [-0.2, -0.15) is 10.5 Å². The Balaban J connectivity index is 2.99. The van der Waals surface area contributed by atoms with E-state index in [9.17, 15) is 10.5 Å². The first kappa shape index (κ1) is 31.3. The van der Waals surface area contributed by atoms with Crippen LogP contribution in [0.15, 0.2) is 12.1 Å². The Bertz CT molecular complexity index is 1230. The molecule has 0 aliphatic heterocycles. The van der Waals surface area contributed by atoms with Crippen molar-refractivity contribution >= 4 is 27.2 Å². The third-order valence-electron chi connectivity index (χ3n) is 8.57. The maximum absolute atomic E-state index is 9.57. The molecule has 4 nitrogen and oxygen atoms in total. The van der Waals surface area contributed by atoms with E-state index in [1.807, 2.05) is 0 Å². The molecule has 0 saturated heterocycles. The summed E-state index contributed by atoms with van der Waals surface area (Å²) in [5.41, 5.74) is 13.4. The number of fused-ring (bicyclic) bond motifs is 1. The summed E-state index contributed by atoms with van der Waals surface area (Å²) >= 11 is 0. The molecule has 0 N–H and O–H groups in total. The largest absolute Gasteiger partial charge is 0.235 e. The fourth-order valence-electron chi connectivity index (χ4n) is 6.66. The molecule has 0 unspecified atom stereocenters. The number of benzene rings is 1. The van der Waals surface area contributed by atoms with Gasteiger partial charge < -0.3 is 0 Å². The van der Waals surface area contributed by atoms with Gasteiger partial charge in [-0.3, -0.25) is 0 Å². The molecule has 0 amide bonds. The van der Waals surface area contributed by atoms with Gasteiger partial charge in [-0.05, 0) is 45.4 Å². The van der Waals surface area contributed by atoms with E-state index < -0.39 is 16.1 Å². The van der Waals surface area contributed by atoms with E-state index >= 15 is 0 Å². The molecule has 0 atom stereocenters. The smallest absolute Gasteiger partial charge is 0.147 e. The second-order valence-corrected chi connectivity index (χ2v) is 23.5. The maximum Gasteiger partial charge on any atom is 0.147 e. The molecule has 0 saturated carbocycles. The van der Waals surface area contributed by atoms with E-state index in [4.69, 9.17) is 9.97 Å². The van der Waals surface area contributed by atoms with Crippen LogP contribution in [0.2, 0.25) is 33.2 Å². The summed E-state index contributed by atoms with van der Waals surface area (Å²) in [6.45, 7) is 27.5. The van der Waals surface area contributed by atoms with Crippen molar-refractivity contribution in [3.63, 3.8) is 0 Å². The van der Waals surface area contributed by atoms with Crippen LogP contribution in [0.3, 0.4) is 0 Å². The standard InChI is InChI=1S/C32H44N4Si2/c1-21(2)37(22(3)4,23(5)6)15-13-29-30(14-16-38(24(7)8,25(9)10)26(11)12)36-32-18-28(20-34)27(19-33)17-31(32)35-29/h17-18,21-26H,1-12H3. The highest BCUT2D eigenvalue weighted by Crippen LogP contribution is 2.42. The van der Waals surface area contributed by atoms with Gasteiger partial charge in [0.25, 0.3) is 0 Å². The van der Waals surface area contributed by atoms with Crippen molar-refractivity contribution < 1.29 is 0 Å². The summed E-state index contributed by atoms with van der Waals surface area (Å²) in [7, 11) is -4.02. The number of hydrogen-bond acceptors (Lipinski definition) is 4. The van der Waals surface area contributed by atoms with Crippen LogP contribution in [-0.2, 0) is 0 Å². The zero-order chi connectivity index (χ0) is 29.0. The highest BCUT2D eigenvalue weighted by Gasteiger charge is 2.43. The molecule has 2 aromatic rings. The van der Waals surface area contributed by atoms with E-state index in [0.29, 0.717) is 66.8 Å². The average molecular weight is 541 g/mol. The van der Waals surface area contributed by atoms with Crippen molar-refractivity contribution in [3.8, 4) is 35.1 Å². The van der Waals surface area contributed by atoms with Crippen LogP contribution in [0.5, 0.6) is 0 Å². The van der Waals surface area contributed by atoms with Gasteiger partial charge in [0.1, 0.15) is 39.7 Å². The van der Waals surface area contributed by atoms with Crippen LogP contribution in [0.1, 0.15) is 106 Å². The Kier molecular flexibility index (Phi) is 10.1. The molecule has 0 aliphatic carbocycles. The molecule has 6 heteroatoms. The van der Waals surface area contributed by atoms with Gasteiger partial charge in [0.15, 0.2) is 0 Å². The molecule has 38 heavy (non-hydrogen) atoms. The van der Waals surface area contributed by atoms with Gasteiger partial charge in [0.2, 0.25) is 0 Å². The highest BCUT2D eigenvalue weighted by molar-refractivity contribution is 6.91. The van der Waals surface area contributed by atoms with Gasteiger partial charge in [-0.25, -0.2) is 9.97 Å². The Morgan fingerprint density at radius 2 is 0.789 bits per heavy atom. The molecule has 0 bridgehead atoms. The van der Waals surface area contributed by atoms with Crippen molar-refractivity contribution in [2.45, 2.75) is 116 Å². The Morgan fingerprint density at radius 3 is 1.00 bits per heavy atom. The molecule has 0 spiro atoms. The van der Waals surface area contributed by atoms with E-state index in [2.05, 4.69) is 118 Å². The number of nitrogens with zero attached hydrogens (tertiary/aromatic N) is 4. The van der Waals surface area contributed by atoms with E-state index in [-0.39, 0.29) is 0 Å². The molecule has 2 rings (SSSR count). The van der Waals surface area contributed by atoms with Crippen LogP contribution in [0, 0.1) is 45.6 Å². The maximum atomic E-state index is 9.57. The fraction of sp³-hybridized carbons (Fsp3) is 0.562. The number of aromatic nitrogens is 2. The minimum Gasteiger partial charge on any atom is -0.235 e. The lowest BCUT2D eigenvalue weighted by molar-refractivity contribution is 0.838. The zero-order valence-electron chi connectivity index (χ0n) is 25.4. The van der Waals surface area contributed by atoms with Gasteiger partial charge in [0, 0.05) is 0 Å². The lowest BCUT2D eigenvalue weighted by Gasteiger charge is -2.38. The Hall–Kier alpha value is -2.91. The second kappa shape index (κ2) is 12.3. The summed E-state index contributed by atoms with van der Waals surface area (Å²) in [4.78, 5) is 9.83. The minimum absolute atomic E-state index is 0.299. The average Bonchev–Trinajstić information content (AvgIpc) is 2.82.